The molecular weight excluding hydrogens is 424 g/mol. The third kappa shape index (κ3) is 5.50. The number of aryl methyl sites for hydroxylation is 1. The second-order valence-electron chi connectivity index (χ2n) is 7.55. The minimum atomic E-state index is -3.58. The minimum absolute atomic E-state index is 0.124. The smallest absolute Gasteiger partial charge is 0.254 e. The van der Waals surface area contributed by atoms with Crippen LogP contribution < -0.4 is 15.6 Å². The van der Waals surface area contributed by atoms with Gasteiger partial charge in [-0.15, -0.1) is 0 Å². The van der Waals surface area contributed by atoms with Gasteiger partial charge in [0, 0.05) is 17.3 Å². The highest BCUT2D eigenvalue weighted by molar-refractivity contribution is 8.00. The van der Waals surface area contributed by atoms with Crippen molar-refractivity contribution in [2.24, 2.45) is 0 Å². The number of H-pyrrole nitrogens is 1. The van der Waals surface area contributed by atoms with Crippen molar-refractivity contribution >= 4 is 33.4 Å². The summed E-state index contributed by atoms with van der Waals surface area (Å²) in [6.07, 6.45) is 3.55. The highest BCUT2D eigenvalue weighted by Gasteiger charge is 2.20. The van der Waals surface area contributed by atoms with E-state index in [0.29, 0.717) is 10.8 Å². The Morgan fingerprint density at radius 3 is 2.47 bits per heavy atom. The Hall–Kier alpha value is -2.17. The molecule has 162 valence electrons. The van der Waals surface area contributed by atoms with Crippen molar-refractivity contribution in [2.45, 2.75) is 67.8 Å². The molecular formula is C20H26N4O4S2. The maximum atomic E-state index is 12.5. The number of thioether (sulfide) groups is 1. The molecule has 0 spiro atoms. The van der Waals surface area contributed by atoms with Crippen LogP contribution in [0.3, 0.4) is 0 Å². The number of sulfonamides is 1. The number of hydrogen-bond acceptors (Lipinski definition) is 6. The number of benzene rings is 1. The van der Waals surface area contributed by atoms with Crippen LogP contribution in [0, 0.1) is 0 Å². The summed E-state index contributed by atoms with van der Waals surface area (Å²) in [5.41, 5.74) is 1.95. The summed E-state index contributed by atoms with van der Waals surface area (Å²) in [7, 11) is -3.58. The quantitative estimate of drug-likeness (QED) is 0.440. The fourth-order valence-electron chi connectivity index (χ4n) is 3.20. The first-order chi connectivity index (χ1) is 14.2. The molecule has 0 saturated heterocycles. The molecule has 1 aliphatic rings. The van der Waals surface area contributed by atoms with Gasteiger partial charge in [0.25, 0.3) is 5.56 Å². The van der Waals surface area contributed by atoms with E-state index in [2.05, 4.69) is 20.0 Å². The van der Waals surface area contributed by atoms with Gasteiger partial charge in [-0.3, -0.25) is 9.59 Å². The maximum absolute atomic E-state index is 12.5. The Morgan fingerprint density at radius 2 is 1.80 bits per heavy atom. The van der Waals surface area contributed by atoms with Crippen LogP contribution in [0.5, 0.6) is 0 Å². The summed E-state index contributed by atoms with van der Waals surface area (Å²) < 4.78 is 26.9. The van der Waals surface area contributed by atoms with Crippen molar-refractivity contribution in [2.75, 3.05) is 5.32 Å². The van der Waals surface area contributed by atoms with Crippen LogP contribution in [0.2, 0.25) is 0 Å². The van der Waals surface area contributed by atoms with Crippen molar-refractivity contribution < 1.29 is 13.2 Å². The number of carbonyl (C=O) groups is 1. The van der Waals surface area contributed by atoms with Gasteiger partial charge >= 0.3 is 0 Å². The van der Waals surface area contributed by atoms with Crippen LogP contribution in [-0.4, -0.2) is 35.6 Å². The van der Waals surface area contributed by atoms with Gasteiger partial charge in [0.15, 0.2) is 5.16 Å². The number of carbonyl (C=O) groups excluding carboxylic acids is 1. The van der Waals surface area contributed by atoms with Crippen molar-refractivity contribution in [3.8, 4) is 0 Å². The number of aromatic amines is 1. The zero-order chi connectivity index (χ0) is 21.9. The molecule has 0 bridgehead atoms. The van der Waals surface area contributed by atoms with Gasteiger partial charge in [0.05, 0.1) is 15.8 Å². The van der Waals surface area contributed by atoms with E-state index in [-0.39, 0.29) is 22.4 Å². The van der Waals surface area contributed by atoms with Crippen LogP contribution >= 0.6 is 11.8 Å². The lowest BCUT2D eigenvalue weighted by atomic mass is 9.97. The predicted octanol–water partition coefficient (Wildman–Crippen LogP) is 2.45. The third-order valence-corrected chi connectivity index (χ3v) is 7.31. The van der Waals surface area contributed by atoms with Crippen LogP contribution in [0.4, 0.5) is 5.69 Å². The van der Waals surface area contributed by atoms with Crippen LogP contribution in [-0.2, 0) is 27.7 Å². The van der Waals surface area contributed by atoms with E-state index in [4.69, 9.17) is 0 Å². The molecule has 3 rings (SSSR count). The molecule has 1 amide bonds. The van der Waals surface area contributed by atoms with Crippen LogP contribution in [0.1, 0.15) is 44.9 Å². The van der Waals surface area contributed by atoms with Crippen molar-refractivity contribution in [1.82, 2.24) is 14.7 Å². The lowest BCUT2D eigenvalue weighted by Crippen LogP contribution is -2.30. The van der Waals surface area contributed by atoms with Gasteiger partial charge in [0.1, 0.15) is 0 Å². The maximum Gasteiger partial charge on any atom is 0.254 e. The molecule has 1 aromatic heterocycles. The molecule has 30 heavy (non-hydrogen) atoms. The largest absolute Gasteiger partial charge is 0.325 e. The normalized spacial score (nSPS) is 14.9. The summed E-state index contributed by atoms with van der Waals surface area (Å²) in [6.45, 7) is 5.22. The minimum Gasteiger partial charge on any atom is -0.325 e. The molecule has 0 saturated carbocycles. The first-order valence-corrected chi connectivity index (χ1v) is 12.2. The van der Waals surface area contributed by atoms with E-state index < -0.39 is 15.3 Å². The Kier molecular flexibility index (Phi) is 6.99. The van der Waals surface area contributed by atoms with Gasteiger partial charge in [0.2, 0.25) is 15.9 Å². The summed E-state index contributed by atoms with van der Waals surface area (Å²) in [5.74, 6) is -0.267. The summed E-state index contributed by atoms with van der Waals surface area (Å²) in [4.78, 5) is 32.2. The summed E-state index contributed by atoms with van der Waals surface area (Å²) in [6, 6.07) is 5.77. The topological polar surface area (TPSA) is 121 Å². The number of anilines is 1. The molecule has 1 heterocycles. The number of amides is 1. The number of hydrogen-bond donors (Lipinski definition) is 3. The van der Waals surface area contributed by atoms with E-state index in [9.17, 15) is 18.0 Å². The van der Waals surface area contributed by atoms with Crippen LogP contribution in [0.25, 0.3) is 0 Å². The van der Waals surface area contributed by atoms with E-state index in [1.54, 1.807) is 32.9 Å². The summed E-state index contributed by atoms with van der Waals surface area (Å²) >= 11 is 1.19. The molecule has 1 atom stereocenters. The van der Waals surface area contributed by atoms with E-state index >= 15 is 0 Å². The lowest BCUT2D eigenvalue weighted by molar-refractivity contribution is -0.115. The van der Waals surface area contributed by atoms with E-state index in [0.717, 1.165) is 36.9 Å². The number of fused-ring (bicyclic) bond motifs is 1. The lowest BCUT2D eigenvalue weighted by Gasteiger charge is -2.16. The fourth-order valence-corrected chi connectivity index (χ4v) is 5.26. The Morgan fingerprint density at radius 1 is 1.13 bits per heavy atom. The number of aromatic nitrogens is 2. The molecule has 0 radical (unpaired) electrons. The van der Waals surface area contributed by atoms with Gasteiger partial charge in [-0.25, -0.2) is 18.1 Å². The van der Waals surface area contributed by atoms with Crippen molar-refractivity contribution in [3.05, 3.63) is 45.9 Å². The van der Waals surface area contributed by atoms with E-state index in [1.807, 2.05) is 0 Å². The highest BCUT2D eigenvalue weighted by Crippen LogP contribution is 2.23. The predicted molar refractivity (Wildman–Crippen MR) is 117 cm³/mol. The highest BCUT2D eigenvalue weighted by atomic mass is 32.2. The molecule has 1 unspecified atom stereocenters. The average molecular weight is 451 g/mol. The van der Waals surface area contributed by atoms with E-state index in [1.165, 1.54) is 23.9 Å². The second kappa shape index (κ2) is 9.32. The molecule has 3 N–H and O–H groups in total. The van der Waals surface area contributed by atoms with Gasteiger partial charge in [-0.2, -0.15) is 0 Å². The number of nitrogens with one attached hydrogen (secondary N) is 3. The molecule has 0 fully saturated rings. The molecule has 10 heteroatoms. The standard InChI is InChI=1S/C20H26N4O4S2/c1-12(2)24-30(27,28)15-10-8-14(9-11-15)21-18(25)13(3)29-20-22-17-7-5-4-6-16(17)19(26)23-20/h8-13,24H,4-7H2,1-3H3,(H,21,25)(H,22,23,26). The number of rotatable bonds is 7. The SMILES string of the molecule is CC(C)NS(=O)(=O)c1ccc(NC(=O)C(C)Sc2nc3c(c(=O)[nH]2)CCCC3)cc1. The van der Waals surface area contributed by atoms with Crippen molar-refractivity contribution in [1.29, 1.82) is 0 Å². The first-order valence-electron chi connectivity index (χ1n) is 9.87. The Labute approximate surface area is 180 Å². The van der Waals surface area contributed by atoms with Gasteiger partial charge in [-0.05, 0) is 70.7 Å². The average Bonchev–Trinajstić information content (AvgIpc) is 2.67. The molecule has 1 aromatic carbocycles. The molecule has 1 aliphatic carbocycles. The third-order valence-electron chi connectivity index (χ3n) is 4.65. The van der Waals surface area contributed by atoms with Gasteiger partial charge < -0.3 is 10.3 Å². The second-order valence-corrected chi connectivity index (χ2v) is 10.6. The fraction of sp³-hybridized carbons (Fsp3) is 0.450. The first kappa shape index (κ1) is 22.5. The Balaban J connectivity index is 1.65. The van der Waals surface area contributed by atoms with Crippen LogP contribution in [0.15, 0.2) is 39.1 Å². The van der Waals surface area contributed by atoms with Crippen molar-refractivity contribution in [3.63, 3.8) is 0 Å². The Bertz CT molecular complexity index is 1080. The monoisotopic (exact) mass is 450 g/mol. The molecule has 8 nitrogen and oxygen atoms in total. The van der Waals surface area contributed by atoms with Gasteiger partial charge in [-0.1, -0.05) is 11.8 Å². The zero-order valence-corrected chi connectivity index (χ0v) is 18.8. The molecule has 0 aliphatic heterocycles. The zero-order valence-electron chi connectivity index (χ0n) is 17.2. The molecule has 2 aromatic rings. The number of nitrogens with zero attached hydrogens (tertiary/aromatic N) is 1. The summed E-state index contributed by atoms with van der Waals surface area (Å²) in [5, 5.41) is 2.70.